The topological polar surface area (TPSA) is 18.5 Å². The second kappa shape index (κ2) is 6.44. The minimum absolute atomic E-state index is 0.698. The average molecular weight is 194 g/mol. The van der Waals surface area contributed by atoms with Crippen molar-refractivity contribution >= 4 is 0 Å². The molecule has 1 rings (SSSR count). The van der Waals surface area contributed by atoms with Crippen LogP contribution in [0.1, 0.15) is 25.3 Å². The summed E-state index contributed by atoms with van der Waals surface area (Å²) in [6.45, 7) is 3.71. The zero-order valence-corrected chi connectivity index (χ0v) is 8.95. The molecule has 0 heterocycles. The Kier molecular flexibility index (Phi) is 5.08. The van der Waals surface area contributed by atoms with E-state index in [1.54, 1.807) is 7.11 Å². The number of rotatable bonds is 6. The molecule has 0 aliphatic rings. The summed E-state index contributed by atoms with van der Waals surface area (Å²) in [5.74, 6) is 0.891. The van der Waals surface area contributed by atoms with E-state index in [2.05, 4.69) is 6.92 Å². The van der Waals surface area contributed by atoms with Gasteiger partial charge in [0.05, 0.1) is 13.7 Å². The van der Waals surface area contributed by atoms with E-state index in [1.165, 1.54) is 12.0 Å². The van der Waals surface area contributed by atoms with E-state index in [1.807, 2.05) is 24.3 Å². The smallest absolute Gasteiger partial charge is 0.118 e. The summed E-state index contributed by atoms with van der Waals surface area (Å²) in [5, 5.41) is 0. The molecule has 0 radical (unpaired) electrons. The van der Waals surface area contributed by atoms with Crippen LogP contribution in [0.2, 0.25) is 0 Å². The highest BCUT2D eigenvalue weighted by Crippen LogP contribution is 2.11. The Morgan fingerprint density at radius 3 is 2.43 bits per heavy atom. The summed E-state index contributed by atoms with van der Waals surface area (Å²) in [6.07, 6.45) is 2.32. The van der Waals surface area contributed by atoms with Gasteiger partial charge in [-0.2, -0.15) is 0 Å². The standard InChI is InChI=1S/C12H18O2/c1-3-4-9-14-10-11-5-7-12(13-2)8-6-11/h5-8H,3-4,9-10H2,1-2H3. The van der Waals surface area contributed by atoms with Crippen molar-refractivity contribution in [3.05, 3.63) is 29.8 Å². The van der Waals surface area contributed by atoms with Gasteiger partial charge in [-0.1, -0.05) is 25.5 Å². The molecule has 0 aliphatic heterocycles. The number of unbranched alkanes of at least 4 members (excludes halogenated alkanes) is 1. The van der Waals surface area contributed by atoms with E-state index in [-0.39, 0.29) is 0 Å². The third-order valence-electron chi connectivity index (χ3n) is 2.07. The van der Waals surface area contributed by atoms with E-state index in [9.17, 15) is 0 Å². The van der Waals surface area contributed by atoms with Crippen molar-refractivity contribution < 1.29 is 9.47 Å². The number of hydrogen-bond acceptors (Lipinski definition) is 2. The highest BCUT2D eigenvalue weighted by Gasteiger charge is 1.94. The third kappa shape index (κ3) is 3.79. The van der Waals surface area contributed by atoms with Crippen LogP contribution in [0.25, 0.3) is 0 Å². The summed E-state index contributed by atoms with van der Waals surface area (Å²) in [4.78, 5) is 0. The lowest BCUT2D eigenvalue weighted by molar-refractivity contribution is 0.118. The Morgan fingerprint density at radius 2 is 1.86 bits per heavy atom. The summed E-state index contributed by atoms with van der Waals surface area (Å²) < 4.78 is 10.6. The molecule has 14 heavy (non-hydrogen) atoms. The van der Waals surface area contributed by atoms with Gasteiger partial charge in [-0.15, -0.1) is 0 Å². The molecule has 0 N–H and O–H groups in total. The predicted molar refractivity (Wildman–Crippen MR) is 57.6 cm³/mol. The zero-order chi connectivity index (χ0) is 10.2. The predicted octanol–water partition coefficient (Wildman–Crippen LogP) is 3.01. The maximum Gasteiger partial charge on any atom is 0.118 e. The van der Waals surface area contributed by atoms with Crippen LogP contribution < -0.4 is 4.74 Å². The van der Waals surface area contributed by atoms with Crippen LogP contribution in [0.3, 0.4) is 0 Å². The molecule has 0 aromatic heterocycles. The molecule has 0 atom stereocenters. The molecule has 0 saturated heterocycles. The van der Waals surface area contributed by atoms with Crippen LogP contribution in [0.5, 0.6) is 5.75 Å². The van der Waals surface area contributed by atoms with Gasteiger partial charge < -0.3 is 9.47 Å². The van der Waals surface area contributed by atoms with Crippen LogP contribution in [-0.4, -0.2) is 13.7 Å². The van der Waals surface area contributed by atoms with Gasteiger partial charge in [0.15, 0.2) is 0 Å². The minimum atomic E-state index is 0.698. The highest BCUT2D eigenvalue weighted by atomic mass is 16.5. The lowest BCUT2D eigenvalue weighted by Gasteiger charge is -2.04. The van der Waals surface area contributed by atoms with Crippen molar-refractivity contribution in [2.75, 3.05) is 13.7 Å². The van der Waals surface area contributed by atoms with E-state index in [4.69, 9.17) is 9.47 Å². The molecule has 0 bridgehead atoms. The van der Waals surface area contributed by atoms with Gasteiger partial charge in [0.1, 0.15) is 5.75 Å². The van der Waals surface area contributed by atoms with Gasteiger partial charge in [0, 0.05) is 6.61 Å². The quantitative estimate of drug-likeness (QED) is 0.648. The summed E-state index contributed by atoms with van der Waals surface area (Å²) in [6, 6.07) is 7.98. The van der Waals surface area contributed by atoms with Crippen molar-refractivity contribution in [1.82, 2.24) is 0 Å². The number of methoxy groups -OCH3 is 1. The van der Waals surface area contributed by atoms with Crippen LogP contribution in [0.15, 0.2) is 24.3 Å². The summed E-state index contributed by atoms with van der Waals surface area (Å²) >= 11 is 0. The van der Waals surface area contributed by atoms with Crippen molar-refractivity contribution in [1.29, 1.82) is 0 Å². The van der Waals surface area contributed by atoms with E-state index in [0.29, 0.717) is 6.61 Å². The van der Waals surface area contributed by atoms with Crippen molar-refractivity contribution in [2.24, 2.45) is 0 Å². The molecule has 1 aromatic carbocycles. The van der Waals surface area contributed by atoms with Crippen molar-refractivity contribution in [3.8, 4) is 5.75 Å². The summed E-state index contributed by atoms with van der Waals surface area (Å²) in [7, 11) is 1.67. The monoisotopic (exact) mass is 194 g/mol. The molecule has 78 valence electrons. The molecular formula is C12H18O2. The van der Waals surface area contributed by atoms with Gasteiger partial charge in [-0.25, -0.2) is 0 Å². The maximum absolute atomic E-state index is 5.49. The third-order valence-corrected chi connectivity index (χ3v) is 2.07. The molecule has 0 amide bonds. The lowest BCUT2D eigenvalue weighted by atomic mass is 10.2. The average Bonchev–Trinajstić information content (AvgIpc) is 2.25. The van der Waals surface area contributed by atoms with Crippen LogP contribution in [0.4, 0.5) is 0 Å². The van der Waals surface area contributed by atoms with Gasteiger partial charge in [0.25, 0.3) is 0 Å². The molecule has 0 fully saturated rings. The zero-order valence-electron chi connectivity index (χ0n) is 8.95. The second-order valence-electron chi connectivity index (χ2n) is 3.25. The fraction of sp³-hybridized carbons (Fsp3) is 0.500. The fourth-order valence-electron chi connectivity index (χ4n) is 1.16. The molecule has 0 aliphatic carbocycles. The first-order valence-electron chi connectivity index (χ1n) is 5.07. The Hall–Kier alpha value is -1.02. The fourth-order valence-corrected chi connectivity index (χ4v) is 1.16. The maximum atomic E-state index is 5.49. The lowest BCUT2D eigenvalue weighted by Crippen LogP contribution is -1.94. The first-order valence-corrected chi connectivity index (χ1v) is 5.07. The van der Waals surface area contributed by atoms with E-state index >= 15 is 0 Å². The van der Waals surface area contributed by atoms with Crippen LogP contribution in [0, 0.1) is 0 Å². The summed E-state index contributed by atoms with van der Waals surface area (Å²) in [5.41, 5.74) is 1.20. The second-order valence-corrected chi connectivity index (χ2v) is 3.25. The van der Waals surface area contributed by atoms with Crippen LogP contribution >= 0.6 is 0 Å². The number of benzene rings is 1. The van der Waals surface area contributed by atoms with E-state index < -0.39 is 0 Å². The normalized spacial score (nSPS) is 10.1. The van der Waals surface area contributed by atoms with E-state index in [0.717, 1.165) is 18.8 Å². The molecule has 0 saturated carbocycles. The molecule has 0 unspecified atom stereocenters. The Labute approximate surface area is 85.8 Å². The first kappa shape index (κ1) is 11.1. The Balaban J connectivity index is 2.29. The van der Waals surface area contributed by atoms with Gasteiger partial charge in [0.2, 0.25) is 0 Å². The number of ether oxygens (including phenoxy) is 2. The molecule has 2 nitrogen and oxygen atoms in total. The molecule has 1 aromatic rings. The molecule has 0 spiro atoms. The Bertz CT molecular complexity index is 241. The van der Waals surface area contributed by atoms with Gasteiger partial charge in [-0.3, -0.25) is 0 Å². The van der Waals surface area contributed by atoms with Gasteiger partial charge in [-0.05, 0) is 24.1 Å². The van der Waals surface area contributed by atoms with Crippen molar-refractivity contribution in [2.45, 2.75) is 26.4 Å². The largest absolute Gasteiger partial charge is 0.497 e. The first-order chi connectivity index (χ1) is 6.86. The number of hydrogen-bond donors (Lipinski definition) is 0. The Morgan fingerprint density at radius 1 is 1.14 bits per heavy atom. The minimum Gasteiger partial charge on any atom is -0.497 e. The SMILES string of the molecule is CCCCOCc1ccc(OC)cc1. The molecule has 2 heteroatoms. The van der Waals surface area contributed by atoms with Crippen LogP contribution in [-0.2, 0) is 11.3 Å². The van der Waals surface area contributed by atoms with Crippen molar-refractivity contribution in [3.63, 3.8) is 0 Å². The highest BCUT2D eigenvalue weighted by molar-refractivity contribution is 5.26. The van der Waals surface area contributed by atoms with Gasteiger partial charge >= 0.3 is 0 Å². The molecular weight excluding hydrogens is 176 g/mol.